The van der Waals surface area contributed by atoms with E-state index >= 15 is 0 Å². The zero-order valence-corrected chi connectivity index (χ0v) is 11.9. The van der Waals surface area contributed by atoms with Crippen molar-refractivity contribution in [3.8, 4) is 5.75 Å². The van der Waals surface area contributed by atoms with Gasteiger partial charge in [0, 0.05) is 10.7 Å². The Hall–Kier alpha value is -0.810. The SMILES string of the molecule is CCC(CC)COc1ccc(S(=O)(=O)Cl)cc1F. The zero-order valence-electron chi connectivity index (χ0n) is 10.3. The number of halogens is 2. The van der Waals surface area contributed by atoms with Gasteiger partial charge in [-0.05, 0) is 24.1 Å². The Morgan fingerprint density at radius 3 is 2.39 bits per heavy atom. The molecule has 6 heteroatoms. The molecular formula is C12H16ClFO3S. The van der Waals surface area contributed by atoms with Crippen molar-refractivity contribution >= 4 is 19.7 Å². The molecule has 0 spiro atoms. The number of benzene rings is 1. The van der Waals surface area contributed by atoms with Gasteiger partial charge in [0.15, 0.2) is 11.6 Å². The minimum atomic E-state index is -3.91. The lowest BCUT2D eigenvalue weighted by Crippen LogP contribution is -2.11. The zero-order chi connectivity index (χ0) is 13.8. The summed E-state index contributed by atoms with van der Waals surface area (Å²) in [6, 6.07) is 3.38. The first kappa shape index (κ1) is 15.2. The second-order valence-electron chi connectivity index (χ2n) is 4.02. The second kappa shape index (κ2) is 6.38. The van der Waals surface area contributed by atoms with Crippen molar-refractivity contribution in [2.24, 2.45) is 5.92 Å². The number of hydrogen-bond acceptors (Lipinski definition) is 3. The molecule has 0 unspecified atom stereocenters. The van der Waals surface area contributed by atoms with Gasteiger partial charge in [-0.15, -0.1) is 0 Å². The van der Waals surface area contributed by atoms with Gasteiger partial charge < -0.3 is 4.74 Å². The van der Waals surface area contributed by atoms with Crippen LogP contribution in [-0.4, -0.2) is 15.0 Å². The van der Waals surface area contributed by atoms with Gasteiger partial charge in [-0.1, -0.05) is 26.7 Å². The van der Waals surface area contributed by atoms with Gasteiger partial charge in [-0.25, -0.2) is 12.8 Å². The van der Waals surface area contributed by atoms with Crippen LogP contribution in [0, 0.1) is 11.7 Å². The summed E-state index contributed by atoms with van der Waals surface area (Å²) in [4.78, 5) is -0.267. The number of hydrogen-bond donors (Lipinski definition) is 0. The van der Waals surface area contributed by atoms with E-state index in [1.165, 1.54) is 12.1 Å². The predicted octanol–water partition coefficient (Wildman–Crippen LogP) is 3.57. The molecule has 3 nitrogen and oxygen atoms in total. The fourth-order valence-corrected chi connectivity index (χ4v) is 2.25. The Kier molecular flexibility index (Phi) is 5.41. The Labute approximate surface area is 111 Å². The summed E-state index contributed by atoms with van der Waals surface area (Å²) < 4.78 is 41.0. The van der Waals surface area contributed by atoms with Crippen LogP contribution in [0.1, 0.15) is 26.7 Å². The van der Waals surface area contributed by atoms with Crippen LogP contribution < -0.4 is 4.74 Å². The lowest BCUT2D eigenvalue weighted by atomic mass is 10.1. The highest BCUT2D eigenvalue weighted by atomic mass is 35.7. The monoisotopic (exact) mass is 294 g/mol. The molecule has 0 atom stereocenters. The summed E-state index contributed by atoms with van der Waals surface area (Å²) in [5.41, 5.74) is 0. The quantitative estimate of drug-likeness (QED) is 0.753. The smallest absolute Gasteiger partial charge is 0.261 e. The molecule has 0 heterocycles. The average Bonchev–Trinajstić information content (AvgIpc) is 2.30. The Balaban J connectivity index is 2.81. The molecule has 0 saturated heterocycles. The van der Waals surface area contributed by atoms with Crippen LogP contribution in [0.25, 0.3) is 0 Å². The Morgan fingerprint density at radius 2 is 1.94 bits per heavy atom. The van der Waals surface area contributed by atoms with Crippen LogP contribution in [-0.2, 0) is 9.05 Å². The minimum absolute atomic E-state index is 0.0472. The topological polar surface area (TPSA) is 43.4 Å². The Bertz CT molecular complexity index is 498. The van der Waals surface area contributed by atoms with Gasteiger partial charge in [-0.2, -0.15) is 0 Å². The summed E-state index contributed by atoms with van der Waals surface area (Å²) in [6.45, 7) is 4.49. The predicted molar refractivity (Wildman–Crippen MR) is 69.0 cm³/mol. The van der Waals surface area contributed by atoms with E-state index in [9.17, 15) is 12.8 Å². The van der Waals surface area contributed by atoms with Crippen LogP contribution in [0.15, 0.2) is 23.1 Å². The number of ether oxygens (including phenoxy) is 1. The van der Waals surface area contributed by atoms with E-state index in [4.69, 9.17) is 15.4 Å². The summed E-state index contributed by atoms with van der Waals surface area (Å²) in [7, 11) is 1.21. The van der Waals surface area contributed by atoms with E-state index < -0.39 is 14.9 Å². The van der Waals surface area contributed by atoms with Gasteiger partial charge >= 0.3 is 0 Å². The van der Waals surface area contributed by atoms with Crippen molar-refractivity contribution in [2.75, 3.05) is 6.61 Å². The molecular weight excluding hydrogens is 279 g/mol. The van der Waals surface area contributed by atoms with Crippen molar-refractivity contribution in [3.05, 3.63) is 24.0 Å². The fraction of sp³-hybridized carbons (Fsp3) is 0.500. The van der Waals surface area contributed by atoms with Crippen LogP contribution in [0.3, 0.4) is 0 Å². The van der Waals surface area contributed by atoms with E-state index in [0.717, 1.165) is 18.9 Å². The van der Waals surface area contributed by atoms with Gasteiger partial charge in [-0.3, -0.25) is 0 Å². The molecule has 1 aromatic rings. The van der Waals surface area contributed by atoms with Crippen molar-refractivity contribution in [2.45, 2.75) is 31.6 Å². The minimum Gasteiger partial charge on any atom is -0.490 e. The van der Waals surface area contributed by atoms with E-state index in [0.29, 0.717) is 12.5 Å². The maximum atomic E-state index is 13.6. The molecule has 0 bridgehead atoms. The van der Waals surface area contributed by atoms with E-state index in [1.54, 1.807) is 0 Å². The standard InChI is InChI=1S/C12H16ClFO3S/c1-3-9(4-2)8-17-12-6-5-10(7-11(12)14)18(13,15)16/h5-7,9H,3-4,8H2,1-2H3. The van der Waals surface area contributed by atoms with Gasteiger partial charge in [0.05, 0.1) is 11.5 Å². The van der Waals surface area contributed by atoms with E-state index in [-0.39, 0.29) is 10.6 Å². The molecule has 0 saturated carbocycles. The third-order valence-corrected chi connectivity index (χ3v) is 4.17. The summed E-state index contributed by atoms with van der Waals surface area (Å²) in [5, 5.41) is 0. The lowest BCUT2D eigenvalue weighted by molar-refractivity contribution is 0.231. The molecule has 0 amide bonds. The van der Waals surface area contributed by atoms with Gasteiger partial charge in [0.1, 0.15) is 0 Å². The van der Waals surface area contributed by atoms with Crippen LogP contribution in [0.4, 0.5) is 4.39 Å². The highest BCUT2D eigenvalue weighted by molar-refractivity contribution is 8.13. The highest BCUT2D eigenvalue weighted by Crippen LogP contribution is 2.24. The van der Waals surface area contributed by atoms with Gasteiger partial charge in [0.2, 0.25) is 0 Å². The molecule has 18 heavy (non-hydrogen) atoms. The summed E-state index contributed by atoms with van der Waals surface area (Å²) in [6.07, 6.45) is 1.90. The van der Waals surface area contributed by atoms with Gasteiger partial charge in [0.25, 0.3) is 9.05 Å². The second-order valence-corrected chi connectivity index (χ2v) is 6.59. The first-order chi connectivity index (χ1) is 8.38. The summed E-state index contributed by atoms with van der Waals surface area (Å²) >= 11 is 0. The van der Waals surface area contributed by atoms with Crippen LogP contribution in [0.5, 0.6) is 5.75 Å². The Morgan fingerprint density at radius 1 is 1.33 bits per heavy atom. The van der Waals surface area contributed by atoms with E-state index in [2.05, 4.69) is 0 Å². The number of rotatable bonds is 6. The third-order valence-electron chi connectivity index (χ3n) is 2.81. The first-order valence-corrected chi connectivity index (χ1v) is 8.06. The van der Waals surface area contributed by atoms with Crippen molar-refractivity contribution in [1.82, 2.24) is 0 Å². The molecule has 0 aliphatic carbocycles. The van der Waals surface area contributed by atoms with Crippen LogP contribution in [0.2, 0.25) is 0 Å². The molecule has 0 fully saturated rings. The average molecular weight is 295 g/mol. The highest BCUT2D eigenvalue weighted by Gasteiger charge is 2.14. The summed E-state index contributed by atoms with van der Waals surface area (Å²) in [5.74, 6) is -0.311. The molecule has 0 radical (unpaired) electrons. The molecule has 0 aromatic heterocycles. The maximum Gasteiger partial charge on any atom is 0.261 e. The van der Waals surface area contributed by atoms with Crippen LogP contribution >= 0.6 is 10.7 Å². The molecule has 102 valence electrons. The molecule has 0 aliphatic rings. The molecule has 0 aliphatic heterocycles. The largest absolute Gasteiger partial charge is 0.490 e. The van der Waals surface area contributed by atoms with Crippen molar-refractivity contribution in [3.63, 3.8) is 0 Å². The molecule has 1 aromatic carbocycles. The maximum absolute atomic E-state index is 13.6. The fourth-order valence-electron chi connectivity index (χ4n) is 1.48. The molecule has 1 rings (SSSR count). The van der Waals surface area contributed by atoms with Crippen molar-refractivity contribution < 1.29 is 17.5 Å². The molecule has 0 N–H and O–H groups in total. The van der Waals surface area contributed by atoms with E-state index in [1.807, 2.05) is 13.8 Å². The lowest BCUT2D eigenvalue weighted by Gasteiger charge is -2.14. The normalized spacial score (nSPS) is 11.8. The third kappa shape index (κ3) is 4.14. The van der Waals surface area contributed by atoms with Crippen molar-refractivity contribution in [1.29, 1.82) is 0 Å². The first-order valence-electron chi connectivity index (χ1n) is 5.75.